The average molecular weight is 198 g/mol. The molecule has 1 atom stereocenters. The number of pyridine rings is 1. The van der Waals surface area contributed by atoms with E-state index >= 15 is 0 Å². The number of aromatic nitrogens is 1. The summed E-state index contributed by atoms with van der Waals surface area (Å²) in [5.41, 5.74) is 2.12. The molecule has 0 radical (unpaired) electrons. The minimum absolute atomic E-state index is 0.0141. The fourth-order valence-corrected chi connectivity index (χ4v) is 1.84. The van der Waals surface area contributed by atoms with Crippen LogP contribution in [0.5, 0.6) is 0 Å². The lowest BCUT2D eigenvalue weighted by Gasteiger charge is -2.11. The Morgan fingerprint density at radius 3 is 3.21 bits per heavy atom. The molecule has 0 aliphatic heterocycles. The molecule has 76 valence electrons. The van der Waals surface area contributed by atoms with Crippen molar-refractivity contribution >= 4 is 0 Å². The lowest BCUT2D eigenvalue weighted by molar-refractivity contribution is 0.141. The van der Waals surface area contributed by atoms with Crippen LogP contribution in [-0.2, 0) is 6.42 Å². The molecule has 1 aliphatic carbocycles. The number of rotatable bonds is 3. The summed E-state index contributed by atoms with van der Waals surface area (Å²) >= 11 is 0. The highest BCUT2D eigenvalue weighted by atomic mass is 19.3. The van der Waals surface area contributed by atoms with Crippen LogP contribution < -0.4 is 5.32 Å². The van der Waals surface area contributed by atoms with Crippen molar-refractivity contribution in [2.45, 2.75) is 25.3 Å². The van der Waals surface area contributed by atoms with Crippen LogP contribution in [0.25, 0.3) is 0 Å². The molecule has 1 unspecified atom stereocenters. The van der Waals surface area contributed by atoms with Crippen LogP contribution in [0, 0.1) is 0 Å². The van der Waals surface area contributed by atoms with Gasteiger partial charge in [-0.05, 0) is 24.5 Å². The maximum Gasteiger partial charge on any atom is 0.250 e. The van der Waals surface area contributed by atoms with Crippen molar-refractivity contribution < 1.29 is 8.78 Å². The predicted octanol–water partition coefficient (Wildman–Crippen LogP) is 1.92. The lowest BCUT2D eigenvalue weighted by atomic mass is 10.2. The maximum atomic E-state index is 12.0. The summed E-state index contributed by atoms with van der Waals surface area (Å²) in [6, 6.07) is 3.90. The summed E-state index contributed by atoms with van der Waals surface area (Å²) in [7, 11) is 0. The molecule has 1 aliphatic rings. The molecule has 0 aromatic carbocycles. The number of hydrogen-bond donors (Lipinski definition) is 1. The third kappa shape index (κ3) is 1.90. The smallest absolute Gasteiger partial charge is 0.250 e. The molecule has 0 spiro atoms. The SMILES string of the molecule is FC(F)CNC1CCc2cccnc21. The first-order valence-corrected chi connectivity index (χ1v) is 4.72. The monoisotopic (exact) mass is 198 g/mol. The molecule has 2 rings (SSSR count). The second-order valence-corrected chi connectivity index (χ2v) is 3.44. The Hall–Kier alpha value is -1.03. The Morgan fingerprint density at radius 2 is 2.43 bits per heavy atom. The number of alkyl halides is 2. The molecule has 0 amide bonds. The molecule has 1 aromatic rings. The van der Waals surface area contributed by atoms with Gasteiger partial charge in [0, 0.05) is 6.20 Å². The summed E-state index contributed by atoms with van der Waals surface area (Å²) in [4.78, 5) is 4.21. The Morgan fingerprint density at radius 1 is 1.57 bits per heavy atom. The molecule has 4 heteroatoms. The fraction of sp³-hybridized carbons (Fsp3) is 0.500. The summed E-state index contributed by atoms with van der Waals surface area (Å²) < 4.78 is 24.0. The van der Waals surface area contributed by atoms with Gasteiger partial charge >= 0.3 is 0 Å². The number of halogens is 2. The van der Waals surface area contributed by atoms with Crippen LogP contribution in [0.15, 0.2) is 18.3 Å². The van der Waals surface area contributed by atoms with E-state index in [4.69, 9.17) is 0 Å². The predicted molar refractivity (Wildman–Crippen MR) is 49.3 cm³/mol. The van der Waals surface area contributed by atoms with Gasteiger partial charge in [-0.15, -0.1) is 0 Å². The van der Waals surface area contributed by atoms with Crippen molar-refractivity contribution in [3.05, 3.63) is 29.6 Å². The number of hydrogen-bond acceptors (Lipinski definition) is 2. The van der Waals surface area contributed by atoms with Crippen molar-refractivity contribution in [2.75, 3.05) is 6.54 Å². The fourth-order valence-electron chi connectivity index (χ4n) is 1.84. The van der Waals surface area contributed by atoms with Crippen molar-refractivity contribution in [3.8, 4) is 0 Å². The molecule has 0 fully saturated rings. The van der Waals surface area contributed by atoms with E-state index in [1.54, 1.807) is 6.20 Å². The first-order valence-electron chi connectivity index (χ1n) is 4.72. The summed E-state index contributed by atoms with van der Waals surface area (Å²) in [5, 5.41) is 2.82. The van der Waals surface area contributed by atoms with E-state index in [0.29, 0.717) is 0 Å². The zero-order chi connectivity index (χ0) is 9.97. The average Bonchev–Trinajstić information content (AvgIpc) is 2.58. The largest absolute Gasteiger partial charge is 0.303 e. The maximum absolute atomic E-state index is 12.0. The minimum atomic E-state index is -2.29. The number of aryl methyl sites for hydroxylation is 1. The van der Waals surface area contributed by atoms with Crippen LogP contribution in [0.1, 0.15) is 23.7 Å². The van der Waals surface area contributed by atoms with Crippen molar-refractivity contribution in [3.63, 3.8) is 0 Å². The van der Waals surface area contributed by atoms with Crippen molar-refractivity contribution in [2.24, 2.45) is 0 Å². The van der Waals surface area contributed by atoms with E-state index < -0.39 is 6.43 Å². The highest BCUT2D eigenvalue weighted by Gasteiger charge is 2.23. The van der Waals surface area contributed by atoms with Gasteiger partial charge in [-0.3, -0.25) is 4.98 Å². The summed E-state index contributed by atoms with van der Waals surface area (Å²) in [6.45, 7) is -0.249. The highest BCUT2D eigenvalue weighted by molar-refractivity contribution is 5.27. The highest BCUT2D eigenvalue weighted by Crippen LogP contribution is 2.28. The van der Waals surface area contributed by atoms with Crippen LogP contribution >= 0.6 is 0 Å². The van der Waals surface area contributed by atoms with Crippen LogP contribution in [0.3, 0.4) is 0 Å². The van der Waals surface area contributed by atoms with Crippen LogP contribution in [0.2, 0.25) is 0 Å². The third-order valence-corrected chi connectivity index (χ3v) is 2.48. The first kappa shape index (κ1) is 9.52. The van der Waals surface area contributed by atoms with Crippen LogP contribution in [-0.4, -0.2) is 18.0 Å². The van der Waals surface area contributed by atoms with Crippen LogP contribution in [0.4, 0.5) is 8.78 Å². The van der Waals surface area contributed by atoms with Gasteiger partial charge in [0.2, 0.25) is 0 Å². The molecular weight excluding hydrogens is 186 g/mol. The third-order valence-electron chi connectivity index (χ3n) is 2.48. The lowest BCUT2D eigenvalue weighted by Crippen LogP contribution is -2.25. The van der Waals surface area contributed by atoms with Gasteiger partial charge in [-0.1, -0.05) is 6.07 Å². The van der Waals surface area contributed by atoms with Gasteiger partial charge in [0.1, 0.15) is 0 Å². The van der Waals surface area contributed by atoms with E-state index in [2.05, 4.69) is 10.3 Å². The number of nitrogens with one attached hydrogen (secondary N) is 1. The summed E-state index contributed by atoms with van der Waals surface area (Å²) in [6.07, 6.45) is 1.23. The Bertz CT molecular complexity index is 315. The standard InChI is InChI=1S/C10H12F2N2/c11-9(12)6-14-8-4-3-7-2-1-5-13-10(7)8/h1-2,5,8-9,14H,3-4,6H2. The molecule has 1 heterocycles. The van der Waals surface area contributed by atoms with Gasteiger partial charge in [-0.2, -0.15) is 0 Å². The van der Waals surface area contributed by atoms with E-state index in [1.165, 1.54) is 5.56 Å². The number of nitrogens with zero attached hydrogens (tertiary/aromatic N) is 1. The van der Waals surface area contributed by atoms with Gasteiger partial charge < -0.3 is 5.32 Å². The zero-order valence-corrected chi connectivity index (χ0v) is 7.71. The molecule has 0 bridgehead atoms. The Balaban J connectivity index is 2.03. The molecule has 0 saturated heterocycles. The first-order chi connectivity index (χ1) is 6.77. The molecular formula is C10H12F2N2. The second-order valence-electron chi connectivity index (χ2n) is 3.44. The van der Waals surface area contributed by atoms with E-state index in [-0.39, 0.29) is 12.6 Å². The quantitative estimate of drug-likeness (QED) is 0.802. The van der Waals surface area contributed by atoms with E-state index in [9.17, 15) is 8.78 Å². The normalized spacial score (nSPS) is 20.1. The molecule has 2 nitrogen and oxygen atoms in total. The van der Waals surface area contributed by atoms with Gasteiger partial charge in [-0.25, -0.2) is 8.78 Å². The van der Waals surface area contributed by atoms with Gasteiger partial charge in [0.05, 0.1) is 18.3 Å². The molecule has 14 heavy (non-hydrogen) atoms. The van der Waals surface area contributed by atoms with E-state index in [0.717, 1.165) is 18.5 Å². The van der Waals surface area contributed by atoms with Crippen molar-refractivity contribution in [1.29, 1.82) is 0 Å². The minimum Gasteiger partial charge on any atom is -0.303 e. The van der Waals surface area contributed by atoms with Gasteiger partial charge in [0.15, 0.2) is 0 Å². The molecule has 0 saturated carbocycles. The van der Waals surface area contributed by atoms with Crippen molar-refractivity contribution in [1.82, 2.24) is 10.3 Å². The van der Waals surface area contributed by atoms with E-state index in [1.807, 2.05) is 12.1 Å². The second kappa shape index (κ2) is 4.00. The zero-order valence-electron chi connectivity index (χ0n) is 7.71. The Kier molecular flexibility index (Phi) is 2.72. The summed E-state index contributed by atoms with van der Waals surface area (Å²) in [5.74, 6) is 0. The van der Waals surface area contributed by atoms with Gasteiger partial charge in [0.25, 0.3) is 6.43 Å². The Labute approximate surface area is 81.4 Å². The molecule has 1 aromatic heterocycles. The number of fused-ring (bicyclic) bond motifs is 1. The molecule has 1 N–H and O–H groups in total. The topological polar surface area (TPSA) is 24.9 Å².